The standard InChI is InChI=1S/C35H41NO6/c1-16(2)26-21-12-18(5)28(31(38)22(21)14-25(37)33(26)40)29-19(6)13-23-27(17(3)4)35(42)32(39)24(30(23)34(29)41)15-36-20-10-8-7-9-11-20/h12-17,20,37-42H,7-11H2,1-6H3/b36-15+. The fourth-order valence-electron chi connectivity index (χ4n) is 6.78. The molecule has 42 heavy (non-hydrogen) atoms. The third-order valence-corrected chi connectivity index (χ3v) is 8.79. The Morgan fingerprint density at radius 1 is 0.643 bits per heavy atom. The summed E-state index contributed by atoms with van der Waals surface area (Å²) in [6, 6.07) is 5.17. The second-order valence-electron chi connectivity index (χ2n) is 12.4. The largest absolute Gasteiger partial charge is 0.507 e. The molecule has 0 aromatic heterocycles. The van der Waals surface area contributed by atoms with Gasteiger partial charge >= 0.3 is 0 Å². The fourth-order valence-corrected chi connectivity index (χ4v) is 6.78. The second kappa shape index (κ2) is 10.9. The average Bonchev–Trinajstić information content (AvgIpc) is 2.92. The van der Waals surface area contributed by atoms with E-state index in [0.717, 1.165) is 25.7 Å². The van der Waals surface area contributed by atoms with Crippen LogP contribution < -0.4 is 0 Å². The van der Waals surface area contributed by atoms with Crippen molar-refractivity contribution in [2.24, 2.45) is 4.99 Å². The van der Waals surface area contributed by atoms with E-state index in [9.17, 15) is 30.6 Å². The van der Waals surface area contributed by atoms with Gasteiger partial charge in [0.25, 0.3) is 0 Å². The van der Waals surface area contributed by atoms with Gasteiger partial charge in [-0.3, -0.25) is 4.99 Å². The van der Waals surface area contributed by atoms with Crippen LogP contribution in [0, 0.1) is 13.8 Å². The van der Waals surface area contributed by atoms with Crippen LogP contribution in [0.1, 0.15) is 99.5 Å². The van der Waals surface area contributed by atoms with Crippen molar-refractivity contribution in [1.82, 2.24) is 0 Å². The van der Waals surface area contributed by atoms with Crippen LogP contribution in [0.25, 0.3) is 32.7 Å². The first-order valence-electron chi connectivity index (χ1n) is 14.8. The summed E-state index contributed by atoms with van der Waals surface area (Å²) in [6.45, 7) is 11.3. The normalized spacial score (nSPS) is 14.8. The molecule has 0 radical (unpaired) electrons. The maximum atomic E-state index is 12.0. The lowest BCUT2D eigenvalue weighted by Crippen LogP contribution is -2.10. The lowest BCUT2D eigenvalue weighted by Gasteiger charge is -2.23. The molecule has 0 amide bonds. The molecule has 1 aliphatic rings. The lowest BCUT2D eigenvalue weighted by atomic mass is 9.84. The van der Waals surface area contributed by atoms with E-state index in [1.807, 2.05) is 53.7 Å². The van der Waals surface area contributed by atoms with Gasteiger partial charge in [0.1, 0.15) is 11.5 Å². The first-order valence-corrected chi connectivity index (χ1v) is 14.8. The third-order valence-electron chi connectivity index (χ3n) is 8.79. The van der Waals surface area contributed by atoms with Crippen molar-refractivity contribution in [3.05, 3.63) is 46.0 Å². The quantitative estimate of drug-likeness (QED) is 0.105. The summed E-state index contributed by atoms with van der Waals surface area (Å²) in [5, 5.41) is 69.1. The van der Waals surface area contributed by atoms with Gasteiger partial charge in [0.05, 0.1) is 0 Å². The van der Waals surface area contributed by atoms with Gasteiger partial charge in [0.2, 0.25) is 0 Å². The Kier molecular flexibility index (Phi) is 7.64. The Morgan fingerprint density at radius 2 is 1.19 bits per heavy atom. The first-order chi connectivity index (χ1) is 19.8. The van der Waals surface area contributed by atoms with Crippen molar-refractivity contribution in [3.63, 3.8) is 0 Å². The summed E-state index contributed by atoms with van der Waals surface area (Å²) in [6.07, 6.45) is 6.83. The monoisotopic (exact) mass is 571 g/mol. The minimum absolute atomic E-state index is 0.109. The van der Waals surface area contributed by atoms with Crippen molar-refractivity contribution < 1.29 is 30.6 Å². The highest BCUT2D eigenvalue weighted by molar-refractivity contribution is 6.12. The summed E-state index contributed by atoms with van der Waals surface area (Å²) in [7, 11) is 0. The Labute approximate surface area is 246 Å². The Bertz CT molecular complexity index is 1750. The highest BCUT2D eigenvalue weighted by Gasteiger charge is 2.28. The number of rotatable bonds is 5. The summed E-state index contributed by atoms with van der Waals surface area (Å²) in [4.78, 5) is 4.76. The van der Waals surface area contributed by atoms with E-state index in [4.69, 9.17) is 4.99 Å². The number of aliphatic imine (C=N–C) groups is 1. The molecule has 0 atom stereocenters. The number of fused-ring (bicyclic) bond motifs is 2. The van der Waals surface area contributed by atoms with E-state index in [1.54, 1.807) is 6.21 Å². The van der Waals surface area contributed by atoms with Gasteiger partial charge in [-0.2, -0.15) is 0 Å². The number of hydrogen-bond acceptors (Lipinski definition) is 7. The molecule has 0 unspecified atom stereocenters. The van der Waals surface area contributed by atoms with E-state index >= 15 is 0 Å². The molecule has 0 bridgehead atoms. The van der Waals surface area contributed by atoms with Crippen LogP contribution in [0.4, 0.5) is 0 Å². The maximum absolute atomic E-state index is 12.0. The smallest absolute Gasteiger partial charge is 0.167 e. The van der Waals surface area contributed by atoms with Crippen LogP contribution in [-0.2, 0) is 0 Å². The van der Waals surface area contributed by atoms with Crippen molar-refractivity contribution in [1.29, 1.82) is 0 Å². The maximum Gasteiger partial charge on any atom is 0.167 e. The molecule has 0 spiro atoms. The lowest BCUT2D eigenvalue weighted by molar-refractivity contribution is 0.398. The number of nitrogens with zero attached hydrogens (tertiary/aromatic N) is 1. The molecule has 7 heteroatoms. The van der Waals surface area contributed by atoms with Gasteiger partial charge in [0, 0.05) is 50.8 Å². The van der Waals surface area contributed by atoms with E-state index in [2.05, 4.69) is 0 Å². The highest BCUT2D eigenvalue weighted by atomic mass is 16.3. The van der Waals surface area contributed by atoms with Crippen LogP contribution in [0.3, 0.4) is 0 Å². The van der Waals surface area contributed by atoms with Gasteiger partial charge in [0.15, 0.2) is 23.0 Å². The van der Waals surface area contributed by atoms with Gasteiger partial charge in [-0.25, -0.2) is 0 Å². The Morgan fingerprint density at radius 3 is 1.79 bits per heavy atom. The number of aromatic hydroxyl groups is 6. The molecule has 6 N–H and O–H groups in total. The van der Waals surface area contributed by atoms with Crippen LogP contribution >= 0.6 is 0 Å². The van der Waals surface area contributed by atoms with Gasteiger partial charge in [-0.1, -0.05) is 59.1 Å². The Hall–Kier alpha value is -4.13. The molecule has 1 fully saturated rings. The van der Waals surface area contributed by atoms with Crippen molar-refractivity contribution >= 4 is 27.8 Å². The van der Waals surface area contributed by atoms with Crippen molar-refractivity contribution in [2.75, 3.05) is 0 Å². The van der Waals surface area contributed by atoms with E-state index in [1.165, 1.54) is 12.5 Å². The molecule has 222 valence electrons. The molecule has 4 aromatic carbocycles. The molecule has 1 aliphatic carbocycles. The molecule has 0 aliphatic heterocycles. The molecule has 4 aromatic rings. The highest BCUT2D eigenvalue weighted by Crippen LogP contribution is 2.53. The molecular weight excluding hydrogens is 530 g/mol. The van der Waals surface area contributed by atoms with Crippen molar-refractivity contribution in [3.8, 4) is 45.6 Å². The average molecular weight is 572 g/mol. The molecular formula is C35H41NO6. The third kappa shape index (κ3) is 4.65. The summed E-state index contributed by atoms with van der Waals surface area (Å²) in [5.41, 5.74) is 3.36. The number of benzene rings is 4. The molecule has 1 saturated carbocycles. The van der Waals surface area contributed by atoms with E-state index < -0.39 is 0 Å². The van der Waals surface area contributed by atoms with Gasteiger partial charge in [-0.15, -0.1) is 0 Å². The SMILES string of the molecule is Cc1cc2c(C(C)C)c(O)c(O)cc2c(O)c1-c1c(C)cc2c(C(C)C)c(O)c(O)c(/C=N/C3CCCCC3)c2c1O. The zero-order valence-corrected chi connectivity index (χ0v) is 25.2. The second-order valence-corrected chi connectivity index (χ2v) is 12.4. The van der Waals surface area contributed by atoms with Crippen LogP contribution in [0.2, 0.25) is 0 Å². The molecule has 0 heterocycles. The topological polar surface area (TPSA) is 134 Å². The zero-order valence-electron chi connectivity index (χ0n) is 25.2. The predicted octanol–water partition coefficient (Wildman–Crippen LogP) is 8.51. The van der Waals surface area contributed by atoms with E-state index in [0.29, 0.717) is 54.9 Å². The predicted molar refractivity (Wildman–Crippen MR) is 169 cm³/mol. The minimum Gasteiger partial charge on any atom is -0.507 e. The molecule has 7 nitrogen and oxygen atoms in total. The first kappa shape index (κ1) is 29.4. The van der Waals surface area contributed by atoms with Gasteiger partial charge in [-0.05, 0) is 66.5 Å². The molecule has 0 saturated heterocycles. The summed E-state index contributed by atoms with van der Waals surface area (Å²) in [5.74, 6) is -1.68. The fraction of sp³-hybridized carbons (Fsp3) is 0.400. The summed E-state index contributed by atoms with van der Waals surface area (Å²) < 4.78 is 0. The van der Waals surface area contributed by atoms with E-state index in [-0.39, 0.29) is 57.9 Å². The Balaban J connectivity index is 1.87. The minimum atomic E-state index is -0.336. The summed E-state index contributed by atoms with van der Waals surface area (Å²) >= 11 is 0. The number of aryl methyl sites for hydroxylation is 2. The van der Waals surface area contributed by atoms with Crippen LogP contribution in [0.5, 0.6) is 34.5 Å². The number of phenolic OH excluding ortho intramolecular Hbond substituents is 6. The zero-order chi connectivity index (χ0) is 30.6. The van der Waals surface area contributed by atoms with Crippen molar-refractivity contribution in [2.45, 2.75) is 91.5 Å². The van der Waals surface area contributed by atoms with Crippen LogP contribution in [-0.4, -0.2) is 42.9 Å². The number of phenols is 6. The molecule has 5 rings (SSSR count). The van der Waals surface area contributed by atoms with Crippen LogP contribution in [0.15, 0.2) is 23.2 Å². The number of hydrogen-bond donors (Lipinski definition) is 6. The van der Waals surface area contributed by atoms with Gasteiger partial charge < -0.3 is 30.6 Å².